The summed E-state index contributed by atoms with van der Waals surface area (Å²) in [4.78, 5) is 4.96. The van der Waals surface area contributed by atoms with Crippen molar-refractivity contribution < 1.29 is 12.8 Å². The van der Waals surface area contributed by atoms with Gasteiger partial charge in [-0.05, 0) is 42.4 Å². The number of hydrogen-bond acceptors (Lipinski definition) is 5. The van der Waals surface area contributed by atoms with E-state index in [4.69, 9.17) is 16.6 Å². The molecule has 1 aromatic carbocycles. The zero-order valence-electron chi connectivity index (χ0n) is 19.4. The zero-order chi connectivity index (χ0) is 24.6. The summed E-state index contributed by atoms with van der Waals surface area (Å²) in [5.74, 6) is 0.883. The highest BCUT2D eigenvalue weighted by Crippen LogP contribution is 2.29. The second-order valence-electron chi connectivity index (χ2n) is 9.04. The molecule has 182 valence electrons. The molecule has 0 saturated carbocycles. The molecular formula is C24H26BClFN5O2S. The summed E-state index contributed by atoms with van der Waals surface area (Å²) in [5.41, 5.74) is 3.25. The number of anilines is 1. The molecule has 3 heterocycles. The molecule has 1 aliphatic heterocycles. The molecule has 0 amide bonds. The van der Waals surface area contributed by atoms with Crippen molar-refractivity contribution in [1.82, 2.24) is 18.9 Å². The van der Waals surface area contributed by atoms with Gasteiger partial charge in [-0.3, -0.25) is 0 Å². The second-order valence-corrected chi connectivity index (χ2v) is 11.4. The Hall–Kier alpha value is -2.69. The fourth-order valence-electron chi connectivity index (χ4n) is 4.58. The monoisotopic (exact) mass is 513 g/mol. The lowest BCUT2D eigenvalue weighted by Gasteiger charge is -2.32. The molecule has 35 heavy (non-hydrogen) atoms. The fourth-order valence-corrected chi connectivity index (χ4v) is 6.45. The van der Waals surface area contributed by atoms with Crippen molar-refractivity contribution in [1.29, 1.82) is 0 Å². The Morgan fingerprint density at radius 2 is 2.11 bits per heavy atom. The van der Waals surface area contributed by atoms with E-state index in [2.05, 4.69) is 10.4 Å². The van der Waals surface area contributed by atoms with Gasteiger partial charge in [-0.15, -0.1) is 0 Å². The first-order valence-electron chi connectivity index (χ1n) is 11.7. The molecule has 2 aromatic heterocycles. The van der Waals surface area contributed by atoms with Gasteiger partial charge in [-0.25, -0.2) is 17.8 Å². The SMILES string of the molecule is Bc1cnn2c(NCC3CCCN(S(=O)(=O)C4=CCC(F)C=C4)C3)cc(-c3ccccc3Cl)nc12. The Morgan fingerprint density at radius 3 is 2.89 bits per heavy atom. The molecule has 1 N–H and O–H groups in total. The van der Waals surface area contributed by atoms with Crippen molar-refractivity contribution in [2.75, 3.05) is 25.0 Å². The highest BCUT2D eigenvalue weighted by atomic mass is 35.5. The number of hydrogen-bond donors (Lipinski definition) is 1. The molecule has 2 atom stereocenters. The number of piperidine rings is 1. The predicted molar refractivity (Wildman–Crippen MR) is 140 cm³/mol. The number of nitrogens with zero attached hydrogens (tertiary/aromatic N) is 4. The third-order valence-electron chi connectivity index (χ3n) is 6.50. The van der Waals surface area contributed by atoms with E-state index in [1.807, 2.05) is 38.2 Å². The standard InChI is InChI=1S/C24H26BClFN5O2S/c25-20-14-29-32-23(12-22(30-24(20)32)19-5-1-2-6-21(19)26)28-13-16-4-3-11-31(15-16)35(33,34)18-9-7-17(27)8-10-18/h1-2,5-7,9-10,12,14,16-17,28H,3-4,8,11,13,15,25H2. The number of nitrogens with one attached hydrogen (secondary N) is 1. The van der Waals surface area contributed by atoms with Crippen LogP contribution >= 0.6 is 11.6 Å². The smallest absolute Gasteiger partial charge is 0.242 e. The van der Waals surface area contributed by atoms with E-state index < -0.39 is 16.2 Å². The predicted octanol–water partition coefficient (Wildman–Crippen LogP) is 2.94. The molecule has 5 rings (SSSR count). The van der Waals surface area contributed by atoms with Gasteiger partial charge in [-0.2, -0.15) is 13.9 Å². The van der Waals surface area contributed by atoms with Crippen molar-refractivity contribution in [3.63, 3.8) is 0 Å². The molecule has 11 heteroatoms. The largest absolute Gasteiger partial charge is 0.370 e. The van der Waals surface area contributed by atoms with Crippen LogP contribution in [-0.2, 0) is 10.0 Å². The summed E-state index contributed by atoms with van der Waals surface area (Å²) in [7, 11) is -1.68. The molecule has 1 fully saturated rings. The number of sulfonamides is 1. The van der Waals surface area contributed by atoms with Crippen LogP contribution in [0.3, 0.4) is 0 Å². The number of benzene rings is 1. The molecule has 1 saturated heterocycles. The first-order valence-corrected chi connectivity index (χ1v) is 13.5. The molecule has 3 aromatic rings. The lowest BCUT2D eigenvalue weighted by atomic mass is 9.99. The maximum Gasteiger partial charge on any atom is 0.242 e. The molecule has 1 aliphatic carbocycles. The number of allylic oxidation sites excluding steroid dienone is 3. The summed E-state index contributed by atoms with van der Waals surface area (Å²) < 4.78 is 42.9. The Kier molecular flexibility index (Phi) is 6.70. The summed E-state index contributed by atoms with van der Waals surface area (Å²) >= 11 is 6.43. The van der Waals surface area contributed by atoms with Crippen LogP contribution in [0.5, 0.6) is 0 Å². The lowest BCUT2D eigenvalue weighted by Crippen LogP contribution is -2.42. The van der Waals surface area contributed by atoms with Crippen LogP contribution in [0.2, 0.25) is 5.02 Å². The van der Waals surface area contributed by atoms with Crippen molar-refractivity contribution in [2.45, 2.75) is 25.4 Å². The third kappa shape index (κ3) is 4.87. The van der Waals surface area contributed by atoms with E-state index in [1.54, 1.807) is 10.7 Å². The van der Waals surface area contributed by atoms with Gasteiger partial charge >= 0.3 is 0 Å². The first kappa shape index (κ1) is 24.0. The van der Waals surface area contributed by atoms with Gasteiger partial charge < -0.3 is 5.32 Å². The topological polar surface area (TPSA) is 79.6 Å². The van der Waals surface area contributed by atoms with Gasteiger partial charge in [0.25, 0.3) is 0 Å². The summed E-state index contributed by atoms with van der Waals surface area (Å²) in [6.07, 6.45) is 6.60. The highest BCUT2D eigenvalue weighted by molar-refractivity contribution is 7.93. The highest BCUT2D eigenvalue weighted by Gasteiger charge is 2.31. The molecule has 2 aliphatic rings. The maximum atomic E-state index is 13.4. The van der Waals surface area contributed by atoms with Crippen LogP contribution in [0.25, 0.3) is 16.9 Å². The van der Waals surface area contributed by atoms with Crippen LogP contribution in [0.15, 0.2) is 59.7 Å². The summed E-state index contributed by atoms with van der Waals surface area (Å²) in [6, 6.07) is 9.49. The molecule has 0 radical (unpaired) electrons. The molecule has 7 nitrogen and oxygen atoms in total. The number of halogens is 2. The van der Waals surface area contributed by atoms with Gasteiger partial charge in [0.05, 0.1) is 10.6 Å². The zero-order valence-corrected chi connectivity index (χ0v) is 20.9. The molecule has 0 bridgehead atoms. The van der Waals surface area contributed by atoms with E-state index in [0.29, 0.717) is 24.7 Å². The summed E-state index contributed by atoms with van der Waals surface area (Å²) in [6.45, 7) is 1.45. The normalized spacial score (nSPS) is 21.3. The van der Waals surface area contributed by atoms with E-state index >= 15 is 0 Å². The number of rotatable bonds is 6. The first-order chi connectivity index (χ1) is 16.8. The molecule has 0 spiro atoms. The lowest BCUT2D eigenvalue weighted by molar-refractivity contribution is 0.277. The average Bonchev–Trinajstić information content (AvgIpc) is 3.24. The van der Waals surface area contributed by atoms with Crippen molar-refractivity contribution >= 4 is 46.4 Å². The Bertz CT molecular complexity index is 1420. The Morgan fingerprint density at radius 1 is 1.29 bits per heavy atom. The Labute approximate surface area is 210 Å². The Balaban J connectivity index is 1.36. The minimum absolute atomic E-state index is 0.0962. The van der Waals surface area contributed by atoms with E-state index in [-0.39, 0.29) is 17.2 Å². The maximum absolute atomic E-state index is 13.4. The quantitative estimate of drug-likeness (QED) is 0.513. The van der Waals surface area contributed by atoms with Crippen LogP contribution in [0.4, 0.5) is 10.2 Å². The van der Waals surface area contributed by atoms with E-state index in [9.17, 15) is 12.8 Å². The van der Waals surface area contributed by atoms with E-state index in [0.717, 1.165) is 41.0 Å². The van der Waals surface area contributed by atoms with Crippen LogP contribution < -0.4 is 10.8 Å². The minimum Gasteiger partial charge on any atom is -0.370 e. The molecular weight excluding hydrogens is 488 g/mol. The second kappa shape index (κ2) is 9.75. The van der Waals surface area contributed by atoms with Gasteiger partial charge in [-0.1, -0.05) is 35.9 Å². The number of alkyl halides is 1. The van der Waals surface area contributed by atoms with Crippen molar-refractivity contribution in [3.05, 3.63) is 64.7 Å². The van der Waals surface area contributed by atoms with Crippen molar-refractivity contribution in [3.8, 4) is 11.3 Å². The van der Waals surface area contributed by atoms with Gasteiger partial charge in [0.15, 0.2) is 5.65 Å². The average molecular weight is 514 g/mol. The van der Waals surface area contributed by atoms with E-state index in [1.165, 1.54) is 22.5 Å². The third-order valence-corrected chi connectivity index (χ3v) is 8.74. The van der Waals surface area contributed by atoms with Crippen LogP contribution in [-0.4, -0.2) is 61.0 Å². The number of fused-ring (bicyclic) bond motifs is 1. The minimum atomic E-state index is -3.63. The van der Waals surface area contributed by atoms with Crippen LogP contribution in [0, 0.1) is 5.92 Å². The molecule has 2 unspecified atom stereocenters. The van der Waals surface area contributed by atoms with Crippen LogP contribution in [0.1, 0.15) is 19.3 Å². The van der Waals surface area contributed by atoms with Crippen molar-refractivity contribution in [2.24, 2.45) is 5.92 Å². The summed E-state index contributed by atoms with van der Waals surface area (Å²) in [5, 5.41) is 8.56. The fraction of sp³-hybridized carbons (Fsp3) is 0.333. The van der Waals surface area contributed by atoms with Gasteiger partial charge in [0.2, 0.25) is 10.0 Å². The van der Waals surface area contributed by atoms with Gasteiger partial charge in [0, 0.05) is 48.9 Å². The van der Waals surface area contributed by atoms with Gasteiger partial charge in [0.1, 0.15) is 19.8 Å². The number of aromatic nitrogens is 3.